The van der Waals surface area contributed by atoms with E-state index in [-0.39, 0.29) is 0 Å². The van der Waals surface area contributed by atoms with Gasteiger partial charge in [0.25, 0.3) is 0 Å². The van der Waals surface area contributed by atoms with E-state index < -0.39 is 0 Å². The van der Waals surface area contributed by atoms with E-state index in [1.807, 2.05) is 48.5 Å². The van der Waals surface area contributed by atoms with Gasteiger partial charge in [-0.05, 0) is 80.9 Å². The minimum Gasteiger partial charge on any atom is -0.208 e. The number of nitrogens with zero attached hydrogens (tertiary/aromatic N) is 5. The van der Waals surface area contributed by atoms with Crippen LogP contribution < -0.4 is 0 Å². The Morgan fingerprint density at radius 3 is 1.34 bits per heavy atom. The van der Waals surface area contributed by atoms with Gasteiger partial charge >= 0.3 is 0 Å². The lowest BCUT2D eigenvalue weighted by atomic mass is 9.95. The summed E-state index contributed by atoms with van der Waals surface area (Å²) in [5.41, 5.74) is 13.8. The first-order chi connectivity index (χ1) is 29.2. The highest BCUT2D eigenvalue weighted by Crippen LogP contribution is 2.39. The number of hydrogen-bond donors (Lipinski definition) is 0. The van der Waals surface area contributed by atoms with Gasteiger partial charge in [0.15, 0.2) is 17.5 Å². The van der Waals surface area contributed by atoms with E-state index >= 15 is 0 Å². The highest BCUT2D eigenvalue weighted by atomic mass is 32.1. The van der Waals surface area contributed by atoms with Crippen LogP contribution in [0.15, 0.2) is 200 Å². The van der Waals surface area contributed by atoms with E-state index in [4.69, 9.17) is 15.0 Å². The molecule has 0 aliphatic carbocycles. The summed E-state index contributed by atoms with van der Waals surface area (Å²) in [7, 11) is 0. The molecular weight excluding hydrogens is 739 g/mol. The van der Waals surface area contributed by atoms with E-state index in [0.717, 1.165) is 77.4 Å². The summed E-state index contributed by atoms with van der Waals surface area (Å²) in [4.78, 5) is 15.0. The van der Waals surface area contributed by atoms with Crippen molar-refractivity contribution in [3.05, 3.63) is 200 Å². The first-order valence-corrected chi connectivity index (χ1v) is 20.4. The number of aromatic nitrogens is 5. The van der Waals surface area contributed by atoms with Crippen LogP contribution in [0.4, 0.5) is 0 Å². The summed E-state index contributed by atoms with van der Waals surface area (Å²) in [5.74, 6) is 1.90. The maximum atomic E-state index is 5.06. The van der Waals surface area contributed by atoms with Crippen LogP contribution in [0.2, 0.25) is 0 Å². The molecule has 0 spiro atoms. The Hall–Kier alpha value is -7.67. The Kier molecular flexibility index (Phi) is 8.60. The van der Waals surface area contributed by atoms with Gasteiger partial charge in [-0.1, -0.05) is 164 Å². The second-order valence-electron chi connectivity index (χ2n) is 14.6. The fourth-order valence-electron chi connectivity index (χ4n) is 7.79. The van der Waals surface area contributed by atoms with Crippen LogP contribution in [0.3, 0.4) is 0 Å². The molecule has 0 bridgehead atoms. The van der Waals surface area contributed by atoms with Crippen molar-refractivity contribution in [3.8, 4) is 78.7 Å². The maximum absolute atomic E-state index is 5.06. The zero-order valence-electron chi connectivity index (χ0n) is 31.7. The van der Waals surface area contributed by atoms with Crippen molar-refractivity contribution in [1.82, 2.24) is 25.1 Å². The van der Waals surface area contributed by atoms with Crippen LogP contribution in [-0.4, -0.2) is 25.1 Å². The Labute approximate surface area is 345 Å². The summed E-state index contributed by atoms with van der Waals surface area (Å²) in [6.45, 7) is 0. The first kappa shape index (κ1) is 34.6. The average molecular weight is 772 g/mol. The molecule has 3 heterocycles. The molecule has 0 fully saturated rings. The molecule has 11 rings (SSSR count). The van der Waals surface area contributed by atoms with Crippen molar-refractivity contribution in [2.75, 3.05) is 0 Å². The largest absolute Gasteiger partial charge is 0.208 e. The Morgan fingerprint density at radius 2 is 0.712 bits per heavy atom. The van der Waals surface area contributed by atoms with Crippen molar-refractivity contribution in [2.24, 2.45) is 0 Å². The Bertz CT molecular complexity index is 3320. The number of thiophene rings is 1. The predicted octanol–water partition coefficient (Wildman–Crippen LogP) is 13.9. The van der Waals surface area contributed by atoms with E-state index in [1.165, 1.54) is 15.0 Å². The van der Waals surface area contributed by atoms with Gasteiger partial charge in [-0.3, -0.25) is 0 Å². The number of hydrogen-bond acceptors (Lipinski definition) is 6. The molecule has 0 aliphatic heterocycles. The van der Waals surface area contributed by atoms with Gasteiger partial charge < -0.3 is 0 Å². The smallest absolute Gasteiger partial charge is 0.164 e. The summed E-state index contributed by atoms with van der Waals surface area (Å²) >= 11 is 1.78. The quantitative estimate of drug-likeness (QED) is 0.161. The van der Waals surface area contributed by atoms with Gasteiger partial charge in [-0.15, -0.1) is 21.5 Å². The van der Waals surface area contributed by atoms with Crippen molar-refractivity contribution >= 4 is 42.5 Å². The third-order valence-corrected chi connectivity index (χ3v) is 12.0. The number of benzene rings is 8. The molecule has 8 aromatic carbocycles. The molecule has 0 N–H and O–H groups in total. The lowest BCUT2D eigenvalue weighted by molar-refractivity contribution is 1.07. The molecule has 0 saturated heterocycles. The van der Waals surface area contributed by atoms with Crippen molar-refractivity contribution in [1.29, 1.82) is 0 Å². The SMILES string of the molecule is c1ccc(-c2ccc(-c3nc(-c4ccccc4)nc(-c4cccc(-c5cccc(-c6cccc(-c7ccc8sc9c%10ccccc%10nnc9c8c7)c6)c5)c4)n3)cc2)cc1. The molecule has 6 heteroatoms. The normalized spacial score (nSPS) is 11.4. The molecule has 0 radical (unpaired) electrons. The molecular formula is C53H33N5S. The zero-order chi connectivity index (χ0) is 39.1. The highest BCUT2D eigenvalue weighted by Gasteiger charge is 2.15. The van der Waals surface area contributed by atoms with Crippen LogP contribution in [0.25, 0.3) is 110 Å². The van der Waals surface area contributed by atoms with Gasteiger partial charge in [0, 0.05) is 32.2 Å². The Morgan fingerprint density at radius 1 is 0.288 bits per heavy atom. The topological polar surface area (TPSA) is 64.5 Å². The molecule has 0 saturated carbocycles. The number of fused-ring (bicyclic) bond motifs is 5. The third-order valence-electron chi connectivity index (χ3n) is 10.8. The molecule has 0 atom stereocenters. The van der Waals surface area contributed by atoms with Crippen LogP contribution in [0, 0.1) is 0 Å². The summed E-state index contributed by atoms with van der Waals surface area (Å²) in [6.07, 6.45) is 0. The van der Waals surface area contributed by atoms with Crippen LogP contribution >= 0.6 is 11.3 Å². The van der Waals surface area contributed by atoms with Crippen molar-refractivity contribution in [2.45, 2.75) is 0 Å². The first-order valence-electron chi connectivity index (χ1n) is 19.6. The van der Waals surface area contributed by atoms with Gasteiger partial charge in [0.1, 0.15) is 5.52 Å². The van der Waals surface area contributed by atoms with Crippen molar-refractivity contribution < 1.29 is 0 Å². The van der Waals surface area contributed by atoms with E-state index in [2.05, 4.69) is 162 Å². The predicted molar refractivity (Wildman–Crippen MR) is 244 cm³/mol. The molecule has 0 aliphatic rings. The van der Waals surface area contributed by atoms with Gasteiger partial charge in [-0.25, -0.2) is 15.0 Å². The maximum Gasteiger partial charge on any atom is 0.164 e. The Balaban J connectivity index is 0.930. The third kappa shape index (κ3) is 6.61. The summed E-state index contributed by atoms with van der Waals surface area (Å²) in [5, 5.41) is 11.5. The summed E-state index contributed by atoms with van der Waals surface area (Å²) < 4.78 is 2.39. The average Bonchev–Trinajstić information content (AvgIpc) is 3.71. The van der Waals surface area contributed by atoms with E-state index in [9.17, 15) is 0 Å². The van der Waals surface area contributed by atoms with E-state index in [0.29, 0.717) is 17.5 Å². The molecule has 3 aromatic heterocycles. The van der Waals surface area contributed by atoms with Crippen LogP contribution in [0.1, 0.15) is 0 Å². The lowest BCUT2D eigenvalue weighted by Gasteiger charge is -2.11. The molecule has 5 nitrogen and oxygen atoms in total. The summed E-state index contributed by atoms with van der Waals surface area (Å²) in [6, 6.07) is 69.8. The van der Waals surface area contributed by atoms with Crippen LogP contribution in [0.5, 0.6) is 0 Å². The van der Waals surface area contributed by atoms with Gasteiger partial charge in [0.2, 0.25) is 0 Å². The van der Waals surface area contributed by atoms with Crippen molar-refractivity contribution in [3.63, 3.8) is 0 Å². The second kappa shape index (κ2) is 14.7. The lowest BCUT2D eigenvalue weighted by Crippen LogP contribution is -2.00. The molecule has 59 heavy (non-hydrogen) atoms. The van der Waals surface area contributed by atoms with Gasteiger partial charge in [0.05, 0.1) is 10.2 Å². The fraction of sp³-hybridized carbons (Fsp3) is 0. The minimum absolute atomic E-state index is 0.626. The van der Waals surface area contributed by atoms with Gasteiger partial charge in [-0.2, -0.15) is 0 Å². The highest BCUT2D eigenvalue weighted by molar-refractivity contribution is 7.26. The zero-order valence-corrected chi connectivity index (χ0v) is 32.5. The molecule has 276 valence electrons. The fourth-order valence-corrected chi connectivity index (χ4v) is 8.94. The molecule has 0 amide bonds. The van der Waals surface area contributed by atoms with E-state index in [1.54, 1.807) is 11.3 Å². The minimum atomic E-state index is 0.626. The van der Waals surface area contributed by atoms with Crippen LogP contribution in [-0.2, 0) is 0 Å². The second-order valence-corrected chi connectivity index (χ2v) is 15.6. The molecule has 0 unspecified atom stereocenters. The molecule has 11 aromatic rings. The number of rotatable bonds is 7. The standard InChI is InChI=1S/C53H33N5S/c1-3-12-34(13-4-1)35-24-26-37(27-25-35)52-54-51(36-14-5-2-6-15-36)55-53(56-52)44-21-11-20-42(32-44)40-18-9-16-38(30-40)39-17-10-19-41(31-39)43-28-29-48-46(33-43)49-50(59-48)45-22-7-8-23-47(45)57-58-49/h1-33H. The monoisotopic (exact) mass is 771 g/mol.